The molecule has 0 saturated carbocycles. The van der Waals surface area contributed by atoms with Crippen molar-refractivity contribution in [1.82, 2.24) is 10.2 Å². The van der Waals surface area contributed by atoms with Gasteiger partial charge >= 0.3 is 0 Å². The molecule has 1 atom stereocenters. The second kappa shape index (κ2) is 14.5. The van der Waals surface area contributed by atoms with Gasteiger partial charge in [0.2, 0.25) is 11.8 Å². The second-order valence-corrected chi connectivity index (χ2v) is 11.6. The number of ether oxygens (including phenoxy) is 2. The number of rotatable bonds is 14. The van der Waals surface area contributed by atoms with Crippen LogP contribution >= 0.6 is 0 Å². The van der Waals surface area contributed by atoms with Gasteiger partial charge in [-0.2, -0.15) is 0 Å². The summed E-state index contributed by atoms with van der Waals surface area (Å²) in [5.41, 5.74) is 1.75. The summed E-state index contributed by atoms with van der Waals surface area (Å²) < 4.78 is 39.9. The maximum absolute atomic E-state index is 14.1. The Morgan fingerprint density at radius 1 is 0.951 bits per heavy atom. The number of nitrogens with zero attached hydrogens (tertiary/aromatic N) is 2. The average molecular weight is 582 g/mol. The topological polar surface area (TPSA) is 105 Å². The van der Waals surface area contributed by atoms with E-state index in [4.69, 9.17) is 9.47 Å². The Morgan fingerprint density at radius 2 is 1.68 bits per heavy atom. The number of sulfonamides is 1. The van der Waals surface area contributed by atoms with Gasteiger partial charge in [-0.15, -0.1) is 0 Å². The largest absolute Gasteiger partial charge is 0.497 e. The molecule has 0 saturated heterocycles. The lowest BCUT2D eigenvalue weighted by molar-refractivity contribution is -0.139. The lowest BCUT2D eigenvalue weighted by Crippen LogP contribution is -2.51. The minimum atomic E-state index is -4.19. The van der Waals surface area contributed by atoms with Crippen LogP contribution in [-0.2, 0) is 26.2 Å². The minimum Gasteiger partial charge on any atom is -0.497 e. The van der Waals surface area contributed by atoms with E-state index in [1.807, 2.05) is 19.9 Å². The van der Waals surface area contributed by atoms with Gasteiger partial charge in [-0.25, -0.2) is 8.42 Å². The van der Waals surface area contributed by atoms with E-state index in [1.165, 1.54) is 24.1 Å². The highest BCUT2D eigenvalue weighted by atomic mass is 32.2. The Kier molecular flexibility index (Phi) is 11.2. The summed E-state index contributed by atoms with van der Waals surface area (Å²) in [6, 6.07) is 19.4. The Balaban J connectivity index is 2.06. The van der Waals surface area contributed by atoms with E-state index in [1.54, 1.807) is 68.6 Å². The Bertz CT molecular complexity index is 1430. The van der Waals surface area contributed by atoms with Crippen LogP contribution in [0.3, 0.4) is 0 Å². The number of anilines is 1. The van der Waals surface area contributed by atoms with E-state index >= 15 is 0 Å². The van der Waals surface area contributed by atoms with Crippen molar-refractivity contribution >= 4 is 27.5 Å². The summed E-state index contributed by atoms with van der Waals surface area (Å²) in [5.74, 6) is 0.0367. The number of methoxy groups -OCH3 is 2. The van der Waals surface area contributed by atoms with E-state index in [0.717, 1.165) is 28.3 Å². The summed E-state index contributed by atoms with van der Waals surface area (Å²) in [4.78, 5) is 28.6. The number of unbranched alkanes of at least 4 members (excludes halogenated alkanes) is 1. The van der Waals surface area contributed by atoms with Crippen molar-refractivity contribution in [3.05, 3.63) is 83.9 Å². The molecule has 1 unspecified atom stereocenters. The fourth-order valence-electron chi connectivity index (χ4n) is 4.31. The molecule has 0 aliphatic carbocycles. The predicted molar refractivity (Wildman–Crippen MR) is 160 cm³/mol. The van der Waals surface area contributed by atoms with Crippen LogP contribution in [0.4, 0.5) is 5.69 Å². The molecule has 0 aliphatic rings. The molecule has 0 aromatic heterocycles. The third kappa shape index (κ3) is 8.00. The number of hydrogen-bond acceptors (Lipinski definition) is 6. The molecule has 1 N–H and O–H groups in total. The molecule has 3 rings (SSSR count). The molecule has 0 spiro atoms. The highest BCUT2D eigenvalue weighted by Gasteiger charge is 2.33. The van der Waals surface area contributed by atoms with Gasteiger partial charge in [0.25, 0.3) is 10.0 Å². The van der Waals surface area contributed by atoms with Crippen molar-refractivity contribution in [3.8, 4) is 11.5 Å². The first-order chi connectivity index (χ1) is 19.6. The number of aryl methyl sites for hydroxylation is 1. The molecule has 41 heavy (non-hydrogen) atoms. The summed E-state index contributed by atoms with van der Waals surface area (Å²) in [6.45, 7) is 5.50. The minimum absolute atomic E-state index is 0.0288. The van der Waals surface area contributed by atoms with Gasteiger partial charge in [0, 0.05) is 13.1 Å². The van der Waals surface area contributed by atoms with Crippen LogP contribution in [0.1, 0.15) is 37.8 Å². The molecule has 0 fully saturated rings. The van der Waals surface area contributed by atoms with Crippen LogP contribution in [0.25, 0.3) is 0 Å². The zero-order chi connectivity index (χ0) is 30.0. The number of hydrogen-bond donors (Lipinski definition) is 1. The second-order valence-electron chi connectivity index (χ2n) is 9.69. The Hall–Kier alpha value is -4.05. The maximum atomic E-state index is 14.1. The van der Waals surface area contributed by atoms with E-state index < -0.39 is 28.5 Å². The van der Waals surface area contributed by atoms with Gasteiger partial charge in [-0.05, 0) is 67.8 Å². The molecule has 0 aliphatic heterocycles. The van der Waals surface area contributed by atoms with Gasteiger partial charge in [-0.3, -0.25) is 13.9 Å². The Labute approximate surface area is 243 Å². The molecule has 0 heterocycles. The molecular weight excluding hydrogens is 542 g/mol. The Morgan fingerprint density at radius 3 is 2.34 bits per heavy atom. The van der Waals surface area contributed by atoms with Crippen molar-refractivity contribution < 1.29 is 27.5 Å². The van der Waals surface area contributed by atoms with Crippen LogP contribution in [0.15, 0.2) is 77.7 Å². The molecule has 0 radical (unpaired) electrons. The molecule has 3 aromatic rings. The smallest absolute Gasteiger partial charge is 0.264 e. The van der Waals surface area contributed by atoms with E-state index in [-0.39, 0.29) is 23.0 Å². The summed E-state index contributed by atoms with van der Waals surface area (Å²) in [7, 11) is -1.20. The molecule has 220 valence electrons. The van der Waals surface area contributed by atoms with Crippen molar-refractivity contribution in [2.45, 2.75) is 51.1 Å². The van der Waals surface area contributed by atoms with Gasteiger partial charge in [0.05, 0.1) is 24.8 Å². The van der Waals surface area contributed by atoms with Crippen molar-refractivity contribution in [2.75, 3.05) is 31.6 Å². The number of benzene rings is 3. The number of carbonyl (C=O) groups is 2. The highest BCUT2D eigenvalue weighted by Crippen LogP contribution is 2.33. The van der Waals surface area contributed by atoms with Gasteiger partial charge in [0.1, 0.15) is 24.1 Å². The summed E-state index contributed by atoms with van der Waals surface area (Å²) >= 11 is 0. The first-order valence-corrected chi connectivity index (χ1v) is 15.0. The SMILES string of the molecule is CCCCNC(=O)C(C)N(Cc1cccc(OC)c1)C(=O)CN(c1cc(C)ccc1OC)S(=O)(=O)c1ccccc1. The van der Waals surface area contributed by atoms with E-state index in [9.17, 15) is 18.0 Å². The van der Waals surface area contributed by atoms with Crippen LogP contribution in [-0.4, -0.2) is 58.5 Å². The normalized spacial score (nSPS) is 11.8. The van der Waals surface area contributed by atoms with Gasteiger partial charge < -0.3 is 19.7 Å². The monoisotopic (exact) mass is 581 g/mol. The van der Waals surface area contributed by atoms with Crippen LogP contribution < -0.4 is 19.1 Å². The quantitative estimate of drug-likeness (QED) is 0.280. The number of carbonyl (C=O) groups excluding carboxylic acids is 2. The standard InChI is InChI=1S/C31H39N3O6S/c1-6-7-18-32-31(36)24(3)33(21-25-12-11-13-26(20-25)39-4)30(35)22-34(28-19-23(2)16-17-29(28)40-5)41(37,38)27-14-9-8-10-15-27/h8-17,19-20,24H,6-7,18,21-22H2,1-5H3,(H,32,36). The fraction of sp³-hybridized carbons (Fsp3) is 0.355. The van der Waals surface area contributed by atoms with Crippen molar-refractivity contribution in [1.29, 1.82) is 0 Å². The van der Waals surface area contributed by atoms with Crippen LogP contribution in [0, 0.1) is 6.92 Å². The van der Waals surface area contributed by atoms with Crippen molar-refractivity contribution in [3.63, 3.8) is 0 Å². The lowest BCUT2D eigenvalue weighted by Gasteiger charge is -2.32. The van der Waals surface area contributed by atoms with Crippen LogP contribution in [0.2, 0.25) is 0 Å². The lowest BCUT2D eigenvalue weighted by atomic mass is 10.1. The first kappa shape index (κ1) is 31.5. The molecule has 2 amide bonds. The molecule has 0 bridgehead atoms. The van der Waals surface area contributed by atoms with Crippen molar-refractivity contribution in [2.24, 2.45) is 0 Å². The number of nitrogens with one attached hydrogen (secondary N) is 1. The number of amides is 2. The highest BCUT2D eigenvalue weighted by molar-refractivity contribution is 7.92. The van der Waals surface area contributed by atoms with Gasteiger partial charge in [0.15, 0.2) is 0 Å². The molecular formula is C31H39N3O6S. The molecule has 9 nitrogen and oxygen atoms in total. The zero-order valence-electron chi connectivity index (χ0n) is 24.3. The third-order valence-electron chi connectivity index (χ3n) is 6.70. The van der Waals surface area contributed by atoms with E-state index in [2.05, 4.69) is 5.32 Å². The van der Waals surface area contributed by atoms with Crippen LogP contribution in [0.5, 0.6) is 11.5 Å². The molecule has 3 aromatic carbocycles. The maximum Gasteiger partial charge on any atom is 0.264 e. The first-order valence-electron chi connectivity index (χ1n) is 13.5. The predicted octanol–water partition coefficient (Wildman–Crippen LogP) is 4.54. The zero-order valence-corrected chi connectivity index (χ0v) is 25.1. The van der Waals surface area contributed by atoms with E-state index in [0.29, 0.717) is 18.0 Å². The van der Waals surface area contributed by atoms with Gasteiger partial charge in [-0.1, -0.05) is 49.7 Å². The third-order valence-corrected chi connectivity index (χ3v) is 8.47. The summed E-state index contributed by atoms with van der Waals surface area (Å²) in [5, 5.41) is 2.88. The molecule has 10 heteroatoms. The summed E-state index contributed by atoms with van der Waals surface area (Å²) in [6.07, 6.45) is 1.71. The average Bonchev–Trinajstić information content (AvgIpc) is 2.98. The fourth-order valence-corrected chi connectivity index (χ4v) is 5.75.